The molecule has 0 atom stereocenters. The molecule has 27 heavy (non-hydrogen) atoms. The average Bonchev–Trinajstić information content (AvgIpc) is 2.67. The summed E-state index contributed by atoms with van der Waals surface area (Å²) in [6.45, 7) is 0.739. The van der Waals surface area contributed by atoms with Crippen molar-refractivity contribution in [1.82, 2.24) is 0 Å². The van der Waals surface area contributed by atoms with Crippen LogP contribution < -0.4 is 9.47 Å². The van der Waals surface area contributed by atoms with Gasteiger partial charge in [0, 0.05) is 52.5 Å². The standard InChI is InChI=1S/C17H16Br2N2O6/c18-10-12-8-14(20(22)23)2-4-16(12)26-6-1-7-27-17-5-3-15(21(24)25)9-13(17)11-19/h2-5,8-9H,1,6-7,10-11H2. The Bertz CT molecular complexity index is 764. The molecule has 0 aliphatic heterocycles. The van der Waals surface area contributed by atoms with Crippen LogP contribution in [0.2, 0.25) is 0 Å². The van der Waals surface area contributed by atoms with Crippen LogP contribution >= 0.6 is 31.9 Å². The van der Waals surface area contributed by atoms with E-state index in [1.54, 1.807) is 12.1 Å². The highest BCUT2D eigenvalue weighted by Crippen LogP contribution is 2.27. The zero-order valence-electron chi connectivity index (χ0n) is 14.1. The van der Waals surface area contributed by atoms with E-state index in [0.717, 1.165) is 0 Å². The number of hydrogen-bond donors (Lipinski definition) is 0. The summed E-state index contributed by atoms with van der Waals surface area (Å²) in [6.07, 6.45) is 0.581. The van der Waals surface area contributed by atoms with Crippen molar-refractivity contribution in [2.45, 2.75) is 17.1 Å². The van der Waals surface area contributed by atoms with Crippen molar-refractivity contribution in [3.8, 4) is 11.5 Å². The van der Waals surface area contributed by atoms with Gasteiger partial charge < -0.3 is 9.47 Å². The molecule has 0 bridgehead atoms. The van der Waals surface area contributed by atoms with Crippen molar-refractivity contribution in [2.75, 3.05) is 13.2 Å². The molecule has 2 aromatic rings. The van der Waals surface area contributed by atoms with Crippen molar-refractivity contribution in [2.24, 2.45) is 0 Å². The molecule has 10 heteroatoms. The quantitative estimate of drug-likeness (QED) is 0.192. The lowest BCUT2D eigenvalue weighted by Crippen LogP contribution is -2.07. The van der Waals surface area contributed by atoms with Crippen LogP contribution in [0.15, 0.2) is 36.4 Å². The topological polar surface area (TPSA) is 105 Å². The van der Waals surface area contributed by atoms with Crippen LogP contribution in [0.1, 0.15) is 17.5 Å². The summed E-state index contributed by atoms with van der Waals surface area (Å²) in [7, 11) is 0. The van der Waals surface area contributed by atoms with Crippen molar-refractivity contribution in [1.29, 1.82) is 0 Å². The van der Waals surface area contributed by atoms with Gasteiger partial charge in [-0.3, -0.25) is 20.2 Å². The monoisotopic (exact) mass is 502 g/mol. The largest absolute Gasteiger partial charge is 0.493 e. The van der Waals surface area contributed by atoms with Crippen molar-refractivity contribution < 1.29 is 19.3 Å². The molecule has 2 aromatic carbocycles. The number of halogens is 2. The number of ether oxygens (including phenoxy) is 2. The third kappa shape index (κ3) is 5.90. The molecule has 0 N–H and O–H groups in total. The van der Waals surface area contributed by atoms with Crippen LogP contribution in [-0.2, 0) is 10.7 Å². The van der Waals surface area contributed by atoms with E-state index < -0.39 is 9.85 Å². The Labute approximate surface area is 172 Å². The first-order valence-electron chi connectivity index (χ1n) is 7.88. The van der Waals surface area contributed by atoms with Gasteiger partial charge >= 0.3 is 0 Å². The first-order valence-corrected chi connectivity index (χ1v) is 10.1. The molecule has 0 aliphatic carbocycles. The molecule has 0 amide bonds. The molecule has 0 fully saturated rings. The molecule has 0 aromatic heterocycles. The Morgan fingerprint density at radius 2 is 1.19 bits per heavy atom. The lowest BCUT2D eigenvalue weighted by Gasteiger charge is -2.12. The predicted octanol–water partition coefficient (Wildman–Crippen LogP) is 5.14. The maximum atomic E-state index is 10.8. The number of nitro benzene ring substituents is 2. The number of non-ortho nitro benzene ring substituents is 2. The highest BCUT2D eigenvalue weighted by atomic mass is 79.9. The maximum Gasteiger partial charge on any atom is 0.270 e. The molecule has 0 heterocycles. The minimum Gasteiger partial charge on any atom is -0.493 e. The summed E-state index contributed by atoms with van der Waals surface area (Å²) in [4.78, 5) is 20.7. The van der Waals surface area contributed by atoms with E-state index in [1.165, 1.54) is 24.3 Å². The fraction of sp³-hybridized carbons (Fsp3) is 0.294. The predicted molar refractivity (Wildman–Crippen MR) is 107 cm³/mol. The molecule has 0 saturated carbocycles. The number of benzene rings is 2. The number of hydrogen-bond acceptors (Lipinski definition) is 6. The molecule has 0 spiro atoms. The first kappa shape index (κ1) is 21.1. The summed E-state index contributed by atoms with van der Waals surface area (Å²) < 4.78 is 11.4. The summed E-state index contributed by atoms with van der Waals surface area (Å²) in [5, 5.41) is 22.5. The zero-order valence-corrected chi connectivity index (χ0v) is 17.3. The molecule has 0 aliphatic rings. The Morgan fingerprint density at radius 3 is 1.52 bits per heavy atom. The van der Waals surface area contributed by atoms with Crippen molar-refractivity contribution >= 4 is 43.2 Å². The SMILES string of the molecule is O=[N+]([O-])c1ccc(OCCCOc2ccc([N+](=O)[O-])cc2CBr)c(CBr)c1. The second-order valence-corrected chi connectivity index (χ2v) is 6.54. The smallest absolute Gasteiger partial charge is 0.270 e. The molecule has 144 valence electrons. The number of rotatable bonds is 10. The number of alkyl halides is 2. The number of nitrogens with zero attached hydrogens (tertiary/aromatic N) is 2. The highest BCUT2D eigenvalue weighted by molar-refractivity contribution is 9.08. The summed E-state index contributed by atoms with van der Waals surface area (Å²) in [5.41, 5.74) is 1.42. The summed E-state index contributed by atoms with van der Waals surface area (Å²) in [5.74, 6) is 1.16. The lowest BCUT2D eigenvalue weighted by molar-refractivity contribution is -0.385. The maximum absolute atomic E-state index is 10.8. The van der Waals surface area contributed by atoms with Crippen LogP contribution in [-0.4, -0.2) is 23.1 Å². The summed E-state index contributed by atoms with van der Waals surface area (Å²) >= 11 is 6.59. The second-order valence-electron chi connectivity index (χ2n) is 5.42. The Hall–Kier alpha value is -2.20. The van der Waals surface area contributed by atoms with E-state index >= 15 is 0 Å². The summed E-state index contributed by atoms with van der Waals surface area (Å²) in [6, 6.07) is 8.90. The third-order valence-corrected chi connectivity index (χ3v) is 4.81. The normalized spacial score (nSPS) is 10.4. The van der Waals surface area contributed by atoms with Crippen LogP contribution in [0.4, 0.5) is 11.4 Å². The molecule has 2 rings (SSSR count). The minimum absolute atomic E-state index is 0.0145. The van der Waals surface area contributed by atoms with Crippen LogP contribution in [0.25, 0.3) is 0 Å². The molecule has 8 nitrogen and oxygen atoms in total. The van der Waals surface area contributed by atoms with Gasteiger partial charge in [-0.2, -0.15) is 0 Å². The third-order valence-electron chi connectivity index (χ3n) is 3.60. The second kappa shape index (κ2) is 10.2. The molecular weight excluding hydrogens is 488 g/mol. The van der Waals surface area contributed by atoms with Gasteiger partial charge in [-0.15, -0.1) is 0 Å². The van der Waals surface area contributed by atoms with E-state index in [-0.39, 0.29) is 11.4 Å². The molecule has 0 unspecified atom stereocenters. The molecular formula is C17H16Br2N2O6. The minimum atomic E-state index is -0.449. The van der Waals surface area contributed by atoms with Gasteiger partial charge in [0.1, 0.15) is 11.5 Å². The van der Waals surface area contributed by atoms with Crippen LogP contribution in [0, 0.1) is 20.2 Å². The molecule has 0 saturated heterocycles. The van der Waals surface area contributed by atoms with Gasteiger partial charge in [0.15, 0.2) is 0 Å². The van der Waals surface area contributed by atoms with E-state index in [0.29, 0.717) is 52.9 Å². The Kier molecular flexibility index (Phi) is 7.99. The van der Waals surface area contributed by atoms with E-state index in [2.05, 4.69) is 31.9 Å². The highest BCUT2D eigenvalue weighted by Gasteiger charge is 2.12. The Balaban J connectivity index is 1.87. The van der Waals surface area contributed by atoms with E-state index in [1.807, 2.05) is 0 Å². The molecule has 0 radical (unpaired) electrons. The first-order chi connectivity index (χ1) is 13.0. The van der Waals surface area contributed by atoms with E-state index in [9.17, 15) is 20.2 Å². The van der Waals surface area contributed by atoms with Gasteiger partial charge in [0.2, 0.25) is 0 Å². The van der Waals surface area contributed by atoms with Gasteiger partial charge in [-0.05, 0) is 12.1 Å². The van der Waals surface area contributed by atoms with Gasteiger partial charge in [0.25, 0.3) is 11.4 Å². The van der Waals surface area contributed by atoms with Gasteiger partial charge in [0.05, 0.1) is 23.1 Å². The van der Waals surface area contributed by atoms with Gasteiger partial charge in [-0.25, -0.2) is 0 Å². The van der Waals surface area contributed by atoms with E-state index in [4.69, 9.17) is 9.47 Å². The fourth-order valence-corrected chi connectivity index (χ4v) is 3.15. The number of nitro groups is 2. The van der Waals surface area contributed by atoms with Crippen LogP contribution in [0.3, 0.4) is 0 Å². The van der Waals surface area contributed by atoms with Gasteiger partial charge in [-0.1, -0.05) is 31.9 Å². The Morgan fingerprint density at radius 1 is 0.778 bits per heavy atom. The lowest BCUT2D eigenvalue weighted by atomic mass is 10.2. The van der Waals surface area contributed by atoms with Crippen LogP contribution in [0.5, 0.6) is 11.5 Å². The average molecular weight is 504 g/mol. The van der Waals surface area contributed by atoms with Crippen molar-refractivity contribution in [3.63, 3.8) is 0 Å². The van der Waals surface area contributed by atoms with Crippen molar-refractivity contribution in [3.05, 3.63) is 67.8 Å². The fourth-order valence-electron chi connectivity index (χ4n) is 2.27. The zero-order chi connectivity index (χ0) is 19.8.